The average Bonchev–Trinajstić information content (AvgIpc) is 2.87. The van der Waals surface area contributed by atoms with E-state index in [9.17, 15) is 24.4 Å². The van der Waals surface area contributed by atoms with Crippen LogP contribution in [0.4, 0.5) is 5.69 Å². The lowest BCUT2D eigenvalue weighted by Crippen LogP contribution is -2.44. The summed E-state index contributed by atoms with van der Waals surface area (Å²) in [4.78, 5) is 49.6. The summed E-state index contributed by atoms with van der Waals surface area (Å²) in [5, 5.41) is 15.5. The summed E-state index contributed by atoms with van der Waals surface area (Å²) in [5.74, 6) is -4.69. The van der Waals surface area contributed by atoms with Crippen LogP contribution in [-0.4, -0.2) is 43.7 Å². The highest BCUT2D eigenvalue weighted by atomic mass is 32.2. The molecule has 0 bridgehead atoms. The Hall–Kier alpha value is -4.10. The predicted molar refractivity (Wildman–Crippen MR) is 129 cm³/mol. The van der Waals surface area contributed by atoms with Crippen LogP contribution >= 0.6 is 11.8 Å². The van der Waals surface area contributed by atoms with E-state index in [1.807, 2.05) is 19.1 Å². The van der Waals surface area contributed by atoms with E-state index in [2.05, 4.69) is 16.7 Å². The maximum atomic E-state index is 12.9. The minimum Gasteiger partial charge on any atom is -0.468 e. The van der Waals surface area contributed by atoms with Crippen LogP contribution in [-0.2, 0) is 23.9 Å². The van der Waals surface area contributed by atoms with Gasteiger partial charge in [-0.05, 0) is 36.8 Å². The number of methoxy groups -OCH3 is 2. The smallest absolute Gasteiger partial charge is 0.337 e. The number of anilines is 1. The van der Waals surface area contributed by atoms with Gasteiger partial charge in [-0.15, -0.1) is 0 Å². The van der Waals surface area contributed by atoms with Crippen molar-refractivity contribution < 1.29 is 28.7 Å². The minimum absolute atomic E-state index is 0.0778. The summed E-state index contributed by atoms with van der Waals surface area (Å²) in [6.07, 6.45) is 0. The number of rotatable bonds is 7. The van der Waals surface area contributed by atoms with E-state index in [4.69, 9.17) is 9.47 Å². The van der Waals surface area contributed by atoms with E-state index in [0.29, 0.717) is 11.3 Å². The van der Waals surface area contributed by atoms with Crippen molar-refractivity contribution in [3.63, 3.8) is 0 Å². The second kappa shape index (κ2) is 11.4. The fourth-order valence-corrected chi connectivity index (χ4v) is 4.44. The number of carbonyl (C=O) groups is 4. The first-order chi connectivity index (χ1) is 16.8. The van der Waals surface area contributed by atoms with Gasteiger partial charge in [-0.25, -0.2) is 4.79 Å². The Morgan fingerprint density at radius 2 is 1.71 bits per heavy atom. The third-order valence-electron chi connectivity index (χ3n) is 5.36. The molecular formula is C25H23N3O6S. The maximum Gasteiger partial charge on any atom is 0.337 e. The molecule has 2 amide bonds. The molecule has 0 aliphatic carbocycles. The summed E-state index contributed by atoms with van der Waals surface area (Å²) in [7, 11) is 2.41. The van der Waals surface area contributed by atoms with Gasteiger partial charge in [0.25, 0.3) is 0 Å². The molecule has 0 fully saturated rings. The lowest BCUT2D eigenvalue weighted by Gasteiger charge is -2.31. The van der Waals surface area contributed by atoms with Crippen LogP contribution < -0.4 is 10.6 Å². The number of carbonyl (C=O) groups excluding carboxylic acids is 4. The Bertz CT molecular complexity index is 1220. The van der Waals surface area contributed by atoms with Gasteiger partial charge in [0.05, 0.1) is 42.2 Å². The number of allylic oxidation sites excluding steroid dienone is 1. The maximum absolute atomic E-state index is 12.9. The number of amides is 2. The fourth-order valence-electron chi connectivity index (χ4n) is 3.60. The SMILES string of the molecule is COC(=O)c1ccc([C@@H]2C(C#N)=C(SCC(=O)Nc3ccc(C)cc3)NC(=O)[C@H]2C(=O)OC)cc1. The molecule has 10 heteroatoms. The minimum atomic E-state index is -1.32. The van der Waals surface area contributed by atoms with E-state index in [0.717, 1.165) is 24.4 Å². The van der Waals surface area contributed by atoms with Crippen molar-refractivity contribution in [1.82, 2.24) is 5.32 Å². The Kier molecular flexibility index (Phi) is 8.28. The van der Waals surface area contributed by atoms with E-state index >= 15 is 0 Å². The van der Waals surface area contributed by atoms with Crippen molar-refractivity contribution in [2.24, 2.45) is 5.92 Å². The first kappa shape index (κ1) is 25.5. The Morgan fingerprint density at radius 3 is 2.29 bits per heavy atom. The van der Waals surface area contributed by atoms with Gasteiger partial charge in [0.1, 0.15) is 5.92 Å². The van der Waals surface area contributed by atoms with Crippen LogP contribution in [0.2, 0.25) is 0 Å². The summed E-state index contributed by atoms with van der Waals surface area (Å²) in [6.45, 7) is 1.93. The highest BCUT2D eigenvalue weighted by Gasteiger charge is 2.44. The number of hydrogen-bond acceptors (Lipinski definition) is 8. The number of thioether (sulfide) groups is 1. The van der Waals surface area contributed by atoms with Crippen LogP contribution in [0.25, 0.3) is 0 Å². The zero-order valence-corrected chi connectivity index (χ0v) is 20.1. The topological polar surface area (TPSA) is 135 Å². The third-order valence-corrected chi connectivity index (χ3v) is 6.37. The molecule has 2 N–H and O–H groups in total. The largest absolute Gasteiger partial charge is 0.468 e. The molecule has 35 heavy (non-hydrogen) atoms. The third kappa shape index (κ3) is 5.88. The molecule has 2 aromatic rings. The van der Waals surface area contributed by atoms with Crippen molar-refractivity contribution >= 4 is 41.2 Å². The monoisotopic (exact) mass is 493 g/mol. The van der Waals surface area contributed by atoms with Crippen LogP contribution in [0.3, 0.4) is 0 Å². The molecule has 2 aromatic carbocycles. The summed E-state index contributed by atoms with van der Waals surface area (Å²) in [6, 6.07) is 15.4. The summed E-state index contributed by atoms with van der Waals surface area (Å²) < 4.78 is 9.51. The van der Waals surface area contributed by atoms with Gasteiger partial charge in [0.15, 0.2) is 0 Å². The first-order valence-electron chi connectivity index (χ1n) is 10.5. The molecule has 1 aliphatic rings. The van der Waals surface area contributed by atoms with Gasteiger partial charge in [0, 0.05) is 11.6 Å². The number of esters is 2. The first-order valence-corrected chi connectivity index (χ1v) is 11.5. The molecule has 1 aliphatic heterocycles. The average molecular weight is 494 g/mol. The zero-order valence-electron chi connectivity index (χ0n) is 19.3. The zero-order chi connectivity index (χ0) is 25.5. The Labute approximate surface area is 206 Å². The van der Waals surface area contributed by atoms with Crippen molar-refractivity contribution in [3.8, 4) is 6.07 Å². The molecule has 0 saturated carbocycles. The van der Waals surface area contributed by atoms with Crippen molar-refractivity contribution in [1.29, 1.82) is 5.26 Å². The van der Waals surface area contributed by atoms with Gasteiger partial charge in [-0.2, -0.15) is 5.26 Å². The highest BCUT2D eigenvalue weighted by Crippen LogP contribution is 2.40. The Morgan fingerprint density at radius 1 is 1.06 bits per heavy atom. The van der Waals surface area contributed by atoms with Crippen LogP contribution in [0.5, 0.6) is 0 Å². The van der Waals surface area contributed by atoms with E-state index in [1.165, 1.54) is 19.2 Å². The van der Waals surface area contributed by atoms with Gasteiger partial charge in [-0.1, -0.05) is 41.6 Å². The van der Waals surface area contributed by atoms with E-state index in [-0.39, 0.29) is 27.8 Å². The molecule has 0 radical (unpaired) electrons. The molecule has 0 saturated heterocycles. The lowest BCUT2D eigenvalue weighted by molar-refractivity contribution is -0.150. The van der Waals surface area contributed by atoms with Gasteiger partial charge < -0.3 is 20.1 Å². The molecule has 2 atom stereocenters. The number of aryl methyl sites for hydroxylation is 1. The number of ether oxygens (including phenoxy) is 2. The van der Waals surface area contributed by atoms with Gasteiger partial charge in [-0.3, -0.25) is 14.4 Å². The number of nitrogens with zero attached hydrogens (tertiary/aromatic N) is 1. The van der Waals surface area contributed by atoms with Gasteiger partial charge >= 0.3 is 11.9 Å². The number of nitrogens with one attached hydrogen (secondary N) is 2. The highest BCUT2D eigenvalue weighted by molar-refractivity contribution is 8.03. The number of hydrogen-bond donors (Lipinski definition) is 2. The predicted octanol–water partition coefficient (Wildman–Crippen LogP) is 2.89. The molecule has 0 aromatic heterocycles. The van der Waals surface area contributed by atoms with E-state index in [1.54, 1.807) is 24.3 Å². The standard InChI is InChI=1S/C25H23N3O6S/c1-14-4-10-17(11-5-14)27-19(29)13-35-23-18(12-26)20(21(22(30)28-23)25(32)34-3)15-6-8-16(9-7-15)24(31)33-2/h4-11,20-21H,13H2,1-3H3,(H,27,29)(H,28,30)/t20-,21+/m1/s1. The molecule has 3 rings (SSSR count). The quantitative estimate of drug-likeness (QED) is 0.444. The number of nitriles is 1. The molecule has 0 spiro atoms. The molecule has 180 valence electrons. The normalized spacial score (nSPS) is 17.1. The van der Waals surface area contributed by atoms with Crippen LogP contribution in [0.15, 0.2) is 59.1 Å². The number of benzene rings is 2. The summed E-state index contributed by atoms with van der Waals surface area (Å²) in [5.41, 5.74) is 2.52. The molecule has 9 nitrogen and oxygen atoms in total. The Balaban J connectivity index is 1.90. The van der Waals surface area contributed by atoms with Crippen molar-refractivity contribution in [2.75, 3.05) is 25.3 Å². The van der Waals surface area contributed by atoms with Gasteiger partial charge in [0.2, 0.25) is 11.8 Å². The van der Waals surface area contributed by atoms with E-state index < -0.39 is 29.7 Å². The van der Waals surface area contributed by atoms with Crippen molar-refractivity contribution in [3.05, 3.63) is 75.8 Å². The molecule has 1 heterocycles. The van der Waals surface area contributed by atoms with Crippen LogP contribution in [0.1, 0.15) is 27.4 Å². The van der Waals surface area contributed by atoms with Crippen LogP contribution in [0, 0.1) is 24.2 Å². The summed E-state index contributed by atoms with van der Waals surface area (Å²) >= 11 is 0.983. The molecule has 0 unspecified atom stereocenters. The fraction of sp³-hybridized carbons (Fsp3) is 0.240. The lowest BCUT2D eigenvalue weighted by atomic mass is 9.78. The second-order valence-electron chi connectivity index (χ2n) is 7.64. The van der Waals surface area contributed by atoms with Crippen molar-refractivity contribution in [2.45, 2.75) is 12.8 Å². The second-order valence-corrected chi connectivity index (χ2v) is 8.62. The molecular weight excluding hydrogens is 470 g/mol.